The van der Waals surface area contributed by atoms with Gasteiger partial charge >= 0.3 is 0 Å². The van der Waals surface area contributed by atoms with Crippen molar-refractivity contribution in [2.45, 2.75) is 19.8 Å². The van der Waals surface area contributed by atoms with Crippen LogP contribution in [0.5, 0.6) is 0 Å². The molecule has 0 spiro atoms. The van der Waals surface area contributed by atoms with Crippen LogP contribution in [0, 0.1) is 0 Å². The van der Waals surface area contributed by atoms with E-state index in [0.29, 0.717) is 0 Å². The zero-order valence-corrected chi connectivity index (χ0v) is 4.92. The van der Waals surface area contributed by atoms with Crippen molar-refractivity contribution in [1.82, 2.24) is 0 Å². The number of hydrogen-bond acceptors (Lipinski definition) is 2. The second kappa shape index (κ2) is 5.31. The molecule has 38 valence electrons. The van der Waals surface area contributed by atoms with Gasteiger partial charge in [0.15, 0.2) is 0 Å². The standard InChI is InChI=1S/C4H11NS/c1-2-3-4-6-5/h2-5H2,1H3. The number of unbranched alkanes of at least 4 members (excludes halogenated alkanes) is 1. The van der Waals surface area contributed by atoms with Gasteiger partial charge in [0.25, 0.3) is 0 Å². The summed E-state index contributed by atoms with van der Waals surface area (Å²) in [5, 5.41) is 5.13. The van der Waals surface area contributed by atoms with Gasteiger partial charge in [0.05, 0.1) is 0 Å². The van der Waals surface area contributed by atoms with Gasteiger partial charge in [-0.2, -0.15) is 0 Å². The second-order valence-electron chi connectivity index (χ2n) is 1.22. The van der Waals surface area contributed by atoms with Crippen molar-refractivity contribution in [2.24, 2.45) is 5.14 Å². The molecule has 0 aromatic carbocycles. The largest absolute Gasteiger partial charge is 0.278 e. The topological polar surface area (TPSA) is 26.0 Å². The van der Waals surface area contributed by atoms with Crippen LogP contribution in [-0.2, 0) is 0 Å². The van der Waals surface area contributed by atoms with Crippen molar-refractivity contribution in [3.63, 3.8) is 0 Å². The highest BCUT2D eigenvalue weighted by molar-refractivity contribution is 7.97. The van der Waals surface area contributed by atoms with Gasteiger partial charge in [-0.05, 0) is 6.42 Å². The lowest BCUT2D eigenvalue weighted by Crippen LogP contribution is -1.82. The monoisotopic (exact) mass is 105 g/mol. The molecule has 0 unspecified atom stereocenters. The highest BCUT2D eigenvalue weighted by atomic mass is 32.2. The molecule has 2 N–H and O–H groups in total. The predicted octanol–water partition coefficient (Wildman–Crippen LogP) is 1.39. The van der Waals surface area contributed by atoms with Gasteiger partial charge in [-0.1, -0.05) is 25.3 Å². The Kier molecular flexibility index (Phi) is 5.58. The molecule has 0 saturated heterocycles. The summed E-state index contributed by atoms with van der Waals surface area (Å²) in [5.41, 5.74) is 0. The van der Waals surface area contributed by atoms with Gasteiger partial charge in [0.2, 0.25) is 0 Å². The van der Waals surface area contributed by atoms with E-state index < -0.39 is 0 Å². The van der Waals surface area contributed by atoms with Gasteiger partial charge in [0, 0.05) is 5.75 Å². The van der Waals surface area contributed by atoms with E-state index in [9.17, 15) is 0 Å². The fourth-order valence-electron chi connectivity index (χ4n) is 0.228. The van der Waals surface area contributed by atoms with Crippen molar-refractivity contribution in [1.29, 1.82) is 0 Å². The molecule has 1 nitrogen and oxygen atoms in total. The van der Waals surface area contributed by atoms with Crippen molar-refractivity contribution in [3.05, 3.63) is 0 Å². The first-order valence-corrected chi connectivity index (χ1v) is 3.28. The van der Waals surface area contributed by atoms with Crippen LogP contribution in [0.2, 0.25) is 0 Å². The van der Waals surface area contributed by atoms with Crippen LogP contribution in [-0.4, -0.2) is 5.75 Å². The third-order valence-electron chi connectivity index (χ3n) is 0.616. The number of hydrogen-bond donors (Lipinski definition) is 1. The Morgan fingerprint density at radius 1 is 1.67 bits per heavy atom. The van der Waals surface area contributed by atoms with E-state index >= 15 is 0 Å². The summed E-state index contributed by atoms with van der Waals surface area (Å²) in [6.07, 6.45) is 2.51. The normalized spacial score (nSPS) is 9.00. The molecule has 0 aromatic rings. The fraction of sp³-hybridized carbons (Fsp3) is 1.00. The van der Waals surface area contributed by atoms with Crippen molar-refractivity contribution in [2.75, 3.05) is 5.75 Å². The Morgan fingerprint density at radius 2 is 2.33 bits per heavy atom. The first-order chi connectivity index (χ1) is 2.91. The van der Waals surface area contributed by atoms with E-state index in [2.05, 4.69) is 6.92 Å². The van der Waals surface area contributed by atoms with Gasteiger partial charge in [-0.3, -0.25) is 5.14 Å². The van der Waals surface area contributed by atoms with E-state index in [1.807, 2.05) is 0 Å². The highest BCUT2D eigenvalue weighted by Crippen LogP contribution is 1.92. The molecule has 0 heterocycles. The molecule has 0 aliphatic heterocycles. The molecule has 0 rings (SSSR count). The molecule has 0 bridgehead atoms. The Balaban J connectivity index is 2.34. The van der Waals surface area contributed by atoms with E-state index in [-0.39, 0.29) is 0 Å². The molecule has 0 radical (unpaired) electrons. The molecule has 6 heavy (non-hydrogen) atoms. The summed E-state index contributed by atoms with van der Waals surface area (Å²) in [5.74, 6) is 1.11. The average Bonchev–Trinajstić information content (AvgIpc) is 1.61. The smallest absolute Gasteiger partial charge is 0.00763 e. The zero-order valence-electron chi connectivity index (χ0n) is 4.11. The van der Waals surface area contributed by atoms with Gasteiger partial charge in [-0.15, -0.1) is 0 Å². The Bertz CT molecular complexity index is 19.5. The fourth-order valence-corrected chi connectivity index (χ4v) is 0.683. The summed E-state index contributed by atoms with van der Waals surface area (Å²) in [4.78, 5) is 0. The van der Waals surface area contributed by atoms with Crippen molar-refractivity contribution < 1.29 is 0 Å². The third kappa shape index (κ3) is 4.31. The molecular formula is C4H11NS. The summed E-state index contributed by atoms with van der Waals surface area (Å²) in [6.45, 7) is 2.16. The number of rotatable bonds is 3. The Morgan fingerprint density at radius 3 is 2.50 bits per heavy atom. The molecule has 0 aliphatic carbocycles. The van der Waals surface area contributed by atoms with Crippen molar-refractivity contribution in [3.8, 4) is 0 Å². The summed E-state index contributed by atoms with van der Waals surface area (Å²) < 4.78 is 0. The Hall–Kier alpha value is 0.310. The maximum absolute atomic E-state index is 5.13. The van der Waals surface area contributed by atoms with Crippen LogP contribution >= 0.6 is 11.9 Å². The van der Waals surface area contributed by atoms with Crippen LogP contribution in [0.25, 0.3) is 0 Å². The quantitative estimate of drug-likeness (QED) is 0.433. The van der Waals surface area contributed by atoms with E-state index in [1.54, 1.807) is 0 Å². The lowest BCUT2D eigenvalue weighted by atomic mass is 10.4. The van der Waals surface area contributed by atoms with Crippen LogP contribution in [0.1, 0.15) is 19.8 Å². The van der Waals surface area contributed by atoms with Gasteiger partial charge in [-0.25, -0.2) is 0 Å². The van der Waals surface area contributed by atoms with Crippen LogP contribution < -0.4 is 5.14 Å². The molecular weight excluding hydrogens is 94.1 g/mol. The lowest BCUT2D eigenvalue weighted by Gasteiger charge is -1.86. The van der Waals surface area contributed by atoms with Gasteiger partial charge in [0.1, 0.15) is 0 Å². The third-order valence-corrected chi connectivity index (χ3v) is 1.14. The Labute approximate surface area is 43.4 Å². The van der Waals surface area contributed by atoms with Gasteiger partial charge < -0.3 is 0 Å². The van der Waals surface area contributed by atoms with E-state index in [4.69, 9.17) is 5.14 Å². The molecule has 0 aromatic heterocycles. The molecule has 2 heteroatoms. The van der Waals surface area contributed by atoms with E-state index in [0.717, 1.165) is 5.75 Å². The first-order valence-electron chi connectivity index (χ1n) is 2.23. The summed E-state index contributed by atoms with van der Waals surface area (Å²) >= 11 is 1.43. The summed E-state index contributed by atoms with van der Waals surface area (Å²) in [6, 6.07) is 0. The maximum atomic E-state index is 5.13. The molecule has 0 atom stereocenters. The highest BCUT2D eigenvalue weighted by Gasteiger charge is 1.75. The molecule has 0 aliphatic rings. The average molecular weight is 105 g/mol. The summed E-state index contributed by atoms with van der Waals surface area (Å²) in [7, 11) is 0. The lowest BCUT2D eigenvalue weighted by molar-refractivity contribution is 0.896. The minimum atomic E-state index is 1.11. The minimum absolute atomic E-state index is 1.11. The van der Waals surface area contributed by atoms with Crippen molar-refractivity contribution >= 4 is 11.9 Å². The predicted molar refractivity (Wildman–Crippen MR) is 31.6 cm³/mol. The zero-order chi connectivity index (χ0) is 4.83. The van der Waals surface area contributed by atoms with E-state index in [1.165, 1.54) is 24.8 Å². The van der Waals surface area contributed by atoms with Crippen LogP contribution in [0.4, 0.5) is 0 Å². The molecule has 0 saturated carbocycles. The number of nitrogens with two attached hydrogens (primary N) is 1. The molecule has 0 amide bonds. The minimum Gasteiger partial charge on any atom is -0.278 e. The second-order valence-corrected chi connectivity index (χ2v) is 1.97. The molecule has 0 fully saturated rings. The van der Waals surface area contributed by atoms with Crippen LogP contribution in [0.15, 0.2) is 0 Å². The van der Waals surface area contributed by atoms with Crippen LogP contribution in [0.3, 0.4) is 0 Å². The first kappa shape index (κ1) is 6.31. The maximum Gasteiger partial charge on any atom is 0.00763 e. The SMILES string of the molecule is CCCCSN.